The van der Waals surface area contributed by atoms with E-state index in [0.29, 0.717) is 6.04 Å². The maximum atomic E-state index is 3.75. The summed E-state index contributed by atoms with van der Waals surface area (Å²) in [6.45, 7) is 5.64. The molecule has 0 aromatic carbocycles. The van der Waals surface area contributed by atoms with Gasteiger partial charge in [0, 0.05) is 23.6 Å². The summed E-state index contributed by atoms with van der Waals surface area (Å²) in [6, 6.07) is 1.47. The van der Waals surface area contributed by atoms with Crippen molar-refractivity contribution in [2.24, 2.45) is 11.8 Å². The molecule has 1 aliphatic heterocycles. The van der Waals surface area contributed by atoms with Crippen LogP contribution in [0.5, 0.6) is 0 Å². The second kappa shape index (κ2) is 5.43. The lowest BCUT2D eigenvalue weighted by atomic mass is 9.97. The maximum Gasteiger partial charge on any atom is 0.0109 e. The molecule has 14 heavy (non-hydrogen) atoms. The first kappa shape index (κ1) is 11.6. The molecule has 0 spiro atoms. The summed E-state index contributed by atoms with van der Waals surface area (Å²) in [5, 5.41) is 3.75. The molecule has 2 rings (SSSR count). The number of hydrogen-bond donors (Lipinski definition) is 1. The lowest BCUT2D eigenvalue weighted by molar-refractivity contribution is 0.361. The fourth-order valence-electron chi connectivity index (χ4n) is 2.56. The van der Waals surface area contributed by atoms with Crippen molar-refractivity contribution in [2.75, 3.05) is 11.5 Å². The van der Waals surface area contributed by atoms with Crippen LogP contribution in [0.2, 0.25) is 0 Å². The van der Waals surface area contributed by atoms with Crippen LogP contribution in [0.1, 0.15) is 26.7 Å². The molecular formula is C10H20NPS2. The van der Waals surface area contributed by atoms with E-state index in [4.69, 9.17) is 0 Å². The maximum absolute atomic E-state index is 3.75. The molecule has 2 aliphatic rings. The zero-order valence-corrected chi connectivity index (χ0v) is 11.6. The Bertz CT molecular complexity index is 189. The van der Waals surface area contributed by atoms with Gasteiger partial charge in [-0.25, -0.2) is 0 Å². The lowest BCUT2D eigenvalue weighted by Crippen LogP contribution is -2.39. The van der Waals surface area contributed by atoms with Crippen LogP contribution in [-0.2, 0) is 0 Å². The van der Waals surface area contributed by atoms with Gasteiger partial charge in [-0.15, -0.1) is 22.8 Å². The van der Waals surface area contributed by atoms with Gasteiger partial charge in [0.25, 0.3) is 0 Å². The van der Waals surface area contributed by atoms with Crippen molar-refractivity contribution in [2.45, 2.75) is 38.8 Å². The summed E-state index contributed by atoms with van der Waals surface area (Å²) in [7, 11) is 0. The van der Waals surface area contributed by atoms with Gasteiger partial charge in [-0.3, -0.25) is 0 Å². The minimum absolute atomic E-state index is 0.655. The van der Waals surface area contributed by atoms with Gasteiger partial charge in [-0.05, 0) is 31.7 Å². The Morgan fingerprint density at radius 2 is 2.00 bits per heavy atom. The highest BCUT2D eigenvalue weighted by Gasteiger charge is 2.36. The Morgan fingerprint density at radius 3 is 2.79 bits per heavy atom. The topological polar surface area (TPSA) is 12.0 Å². The molecule has 1 N–H and O–H groups in total. The van der Waals surface area contributed by atoms with E-state index < -0.39 is 0 Å². The third kappa shape index (κ3) is 2.81. The normalized spacial score (nSPS) is 40.1. The van der Waals surface area contributed by atoms with E-state index in [2.05, 4.69) is 41.9 Å². The van der Waals surface area contributed by atoms with Crippen molar-refractivity contribution in [3.63, 3.8) is 0 Å². The molecule has 0 aromatic heterocycles. The van der Waals surface area contributed by atoms with E-state index in [0.717, 1.165) is 24.9 Å². The van der Waals surface area contributed by atoms with Gasteiger partial charge < -0.3 is 5.32 Å². The lowest BCUT2D eigenvalue weighted by Gasteiger charge is -2.24. The van der Waals surface area contributed by atoms with E-state index in [-0.39, 0.29) is 0 Å². The number of rotatable bonds is 2. The molecule has 1 saturated carbocycles. The third-order valence-corrected chi connectivity index (χ3v) is 8.42. The quantitative estimate of drug-likeness (QED) is 0.754. The zero-order valence-electron chi connectivity index (χ0n) is 8.95. The van der Waals surface area contributed by atoms with Crippen LogP contribution in [0.15, 0.2) is 0 Å². The molecule has 0 amide bonds. The standard InChI is InChI=1S/C10H20NPS2/c1-7(2)11-10-4-3-8-5-13-12-14-6-9(8)10/h7-12H,3-6H2,1-2H3. The molecule has 0 radical (unpaired) electrons. The van der Waals surface area contributed by atoms with E-state index >= 15 is 0 Å². The van der Waals surface area contributed by atoms with E-state index in [1.807, 2.05) is 0 Å². The highest BCUT2D eigenvalue weighted by atomic mass is 33.1. The molecule has 2 fully saturated rings. The molecule has 82 valence electrons. The first-order valence-electron chi connectivity index (χ1n) is 5.52. The SMILES string of the molecule is CC(C)NC1CCC2CSPSCC21. The van der Waals surface area contributed by atoms with Gasteiger partial charge in [0.15, 0.2) is 0 Å². The third-order valence-electron chi connectivity index (χ3n) is 3.21. The Hall–Kier alpha value is 1.09. The fraction of sp³-hybridized carbons (Fsp3) is 1.00. The van der Waals surface area contributed by atoms with Crippen molar-refractivity contribution in [3.05, 3.63) is 0 Å². The van der Waals surface area contributed by atoms with Gasteiger partial charge >= 0.3 is 0 Å². The molecule has 4 unspecified atom stereocenters. The predicted molar refractivity (Wildman–Crippen MR) is 71.5 cm³/mol. The van der Waals surface area contributed by atoms with Crippen LogP contribution < -0.4 is 5.32 Å². The van der Waals surface area contributed by atoms with Crippen molar-refractivity contribution < 1.29 is 0 Å². The van der Waals surface area contributed by atoms with Crippen LogP contribution in [-0.4, -0.2) is 23.6 Å². The Balaban J connectivity index is 1.93. The van der Waals surface area contributed by atoms with E-state index in [1.54, 1.807) is 0 Å². The molecule has 4 atom stereocenters. The monoisotopic (exact) mass is 249 g/mol. The van der Waals surface area contributed by atoms with E-state index in [1.165, 1.54) is 24.3 Å². The summed E-state index contributed by atoms with van der Waals surface area (Å²) in [5.74, 6) is 4.80. The van der Waals surface area contributed by atoms with Crippen LogP contribution in [0.25, 0.3) is 0 Å². The molecule has 1 nitrogen and oxygen atoms in total. The summed E-state index contributed by atoms with van der Waals surface area (Å²) in [4.78, 5) is 0. The molecule has 0 bridgehead atoms. The number of fused-ring (bicyclic) bond motifs is 1. The fourth-order valence-corrected chi connectivity index (χ4v) is 7.95. The molecular weight excluding hydrogens is 229 g/mol. The van der Waals surface area contributed by atoms with Crippen LogP contribution in [0.4, 0.5) is 0 Å². The first-order valence-corrected chi connectivity index (χ1v) is 9.94. The highest BCUT2D eigenvalue weighted by Crippen LogP contribution is 2.52. The average molecular weight is 249 g/mol. The van der Waals surface area contributed by atoms with Crippen LogP contribution >= 0.6 is 29.7 Å². The summed E-state index contributed by atoms with van der Waals surface area (Å²) < 4.78 is 0. The van der Waals surface area contributed by atoms with Crippen molar-refractivity contribution >= 4 is 29.7 Å². The molecule has 1 heterocycles. The number of hydrogen-bond acceptors (Lipinski definition) is 3. The van der Waals surface area contributed by atoms with Crippen molar-refractivity contribution in [1.82, 2.24) is 5.32 Å². The minimum Gasteiger partial charge on any atom is -0.311 e. The Kier molecular flexibility index (Phi) is 4.49. The number of nitrogens with one attached hydrogen (secondary N) is 1. The van der Waals surface area contributed by atoms with Gasteiger partial charge in [-0.1, -0.05) is 13.8 Å². The molecule has 4 heteroatoms. The Morgan fingerprint density at radius 1 is 1.21 bits per heavy atom. The van der Waals surface area contributed by atoms with Gasteiger partial charge in [0.05, 0.1) is 0 Å². The van der Waals surface area contributed by atoms with Crippen LogP contribution in [0.3, 0.4) is 0 Å². The highest BCUT2D eigenvalue weighted by molar-refractivity contribution is 8.82. The van der Waals surface area contributed by atoms with Crippen molar-refractivity contribution in [3.8, 4) is 0 Å². The van der Waals surface area contributed by atoms with Gasteiger partial charge in [0.1, 0.15) is 0 Å². The summed E-state index contributed by atoms with van der Waals surface area (Å²) in [6.07, 6.45) is 2.88. The minimum atomic E-state index is 0.655. The van der Waals surface area contributed by atoms with Crippen LogP contribution in [0, 0.1) is 11.8 Å². The van der Waals surface area contributed by atoms with Crippen molar-refractivity contribution in [1.29, 1.82) is 0 Å². The van der Waals surface area contributed by atoms with Gasteiger partial charge in [0.2, 0.25) is 0 Å². The smallest absolute Gasteiger partial charge is 0.0109 e. The largest absolute Gasteiger partial charge is 0.311 e. The van der Waals surface area contributed by atoms with E-state index in [9.17, 15) is 0 Å². The zero-order chi connectivity index (χ0) is 9.97. The average Bonchev–Trinajstić information content (AvgIpc) is 2.37. The van der Waals surface area contributed by atoms with Gasteiger partial charge in [-0.2, -0.15) is 0 Å². The first-order chi connectivity index (χ1) is 6.77. The second-order valence-electron chi connectivity index (χ2n) is 4.63. The molecule has 1 saturated heterocycles. The molecule has 0 aromatic rings. The molecule has 1 aliphatic carbocycles. The summed E-state index contributed by atoms with van der Waals surface area (Å²) in [5.41, 5.74) is 0. The second-order valence-corrected chi connectivity index (χ2v) is 9.78. The summed E-state index contributed by atoms with van der Waals surface area (Å²) >= 11 is 4.35. The Labute approximate surface area is 97.2 Å². The predicted octanol–water partition coefficient (Wildman–Crippen LogP) is 3.37.